The van der Waals surface area contributed by atoms with Gasteiger partial charge in [0.1, 0.15) is 0 Å². The monoisotopic (exact) mass is 271 g/mol. The van der Waals surface area contributed by atoms with Crippen molar-refractivity contribution in [1.82, 2.24) is 19.9 Å². The molecule has 1 aliphatic carbocycles. The molecule has 0 radical (unpaired) electrons. The van der Waals surface area contributed by atoms with E-state index in [4.69, 9.17) is 0 Å². The molecule has 5 heteroatoms. The predicted octanol–water partition coefficient (Wildman–Crippen LogP) is 2.16. The largest absolute Gasteiger partial charge is 0.381 e. The lowest BCUT2D eigenvalue weighted by molar-refractivity contribution is 0.444. The molecule has 20 heavy (non-hydrogen) atoms. The van der Waals surface area contributed by atoms with Crippen LogP contribution in [0.2, 0.25) is 0 Å². The molecule has 0 atom stereocenters. The summed E-state index contributed by atoms with van der Waals surface area (Å²) in [6.45, 7) is 2.16. The highest BCUT2D eigenvalue weighted by atomic mass is 15.3. The first-order valence-corrected chi connectivity index (χ1v) is 7.72. The minimum absolute atomic E-state index is 0.513. The molecule has 1 aliphatic heterocycles. The zero-order valence-electron chi connectivity index (χ0n) is 11.7. The zero-order valence-corrected chi connectivity index (χ0v) is 11.7. The number of piperidine rings is 1. The summed E-state index contributed by atoms with van der Waals surface area (Å²) in [5.74, 6) is 1.52. The van der Waals surface area contributed by atoms with Crippen molar-refractivity contribution in [2.75, 3.05) is 18.4 Å². The van der Waals surface area contributed by atoms with Gasteiger partial charge in [-0.25, -0.2) is 9.50 Å². The Bertz CT molecular complexity index is 595. The van der Waals surface area contributed by atoms with Crippen molar-refractivity contribution in [3.05, 3.63) is 24.2 Å². The molecule has 2 aliphatic rings. The molecule has 0 amide bonds. The summed E-state index contributed by atoms with van der Waals surface area (Å²) < 4.78 is 1.93. The van der Waals surface area contributed by atoms with E-state index in [1.165, 1.54) is 19.3 Å². The van der Waals surface area contributed by atoms with E-state index in [1.54, 1.807) is 0 Å². The van der Waals surface area contributed by atoms with E-state index in [1.807, 2.05) is 4.52 Å². The van der Waals surface area contributed by atoms with Crippen molar-refractivity contribution in [2.24, 2.45) is 0 Å². The normalized spacial score (nSPS) is 21.0. The molecule has 0 aromatic carbocycles. The van der Waals surface area contributed by atoms with Crippen molar-refractivity contribution < 1.29 is 0 Å². The number of hydrogen-bond acceptors (Lipinski definition) is 4. The SMILES string of the molecule is c1cc2nc(C3CCNCC3)nn2cc1NC1CCC1. The fourth-order valence-electron chi connectivity index (χ4n) is 3.03. The van der Waals surface area contributed by atoms with E-state index in [2.05, 4.69) is 39.0 Å². The first-order chi connectivity index (χ1) is 9.88. The summed E-state index contributed by atoms with van der Waals surface area (Å²) >= 11 is 0. The van der Waals surface area contributed by atoms with Gasteiger partial charge in [0.05, 0.1) is 11.9 Å². The van der Waals surface area contributed by atoms with Crippen molar-refractivity contribution in [3.8, 4) is 0 Å². The Hall–Kier alpha value is -1.62. The Kier molecular flexibility index (Phi) is 3.07. The van der Waals surface area contributed by atoms with Crippen LogP contribution in [0.15, 0.2) is 18.3 Å². The fourth-order valence-corrected chi connectivity index (χ4v) is 3.03. The highest BCUT2D eigenvalue weighted by Gasteiger charge is 2.20. The summed E-state index contributed by atoms with van der Waals surface area (Å²) in [5, 5.41) is 11.6. The van der Waals surface area contributed by atoms with Gasteiger partial charge in [-0.15, -0.1) is 0 Å². The van der Waals surface area contributed by atoms with Crippen LogP contribution in [0, 0.1) is 0 Å². The van der Waals surface area contributed by atoms with Crippen LogP contribution in [-0.2, 0) is 0 Å². The van der Waals surface area contributed by atoms with Crippen molar-refractivity contribution in [1.29, 1.82) is 0 Å². The number of hydrogen-bond donors (Lipinski definition) is 2. The average Bonchev–Trinajstić information content (AvgIpc) is 2.87. The van der Waals surface area contributed by atoms with Gasteiger partial charge in [0.15, 0.2) is 11.5 Å². The first-order valence-electron chi connectivity index (χ1n) is 7.72. The van der Waals surface area contributed by atoms with Crippen LogP contribution in [0.25, 0.3) is 5.65 Å². The molecule has 4 rings (SSSR count). The van der Waals surface area contributed by atoms with Crippen LogP contribution in [0.5, 0.6) is 0 Å². The van der Waals surface area contributed by atoms with E-state index in [0.29, 0.717) is 12.0 Å². The lowest BCUT2D eigenvalue weighted by Crippen LogP contribution is -2.27. The molecule has 5 nitrogen and oxygen atoms in total. The van der Waals surface area contributed by atoms with Crippen LogP contribution in [0.4, 0.5) is 5.69 Å². The average molecular weight is 271 g/mol. The molecule has 3 heterocycles. The predicted molar refractivity (Wildman–Crippen MR) is 79.1 cm³/mol. The van der Waals surface area contributed by atoms with Gasteiger partial charge in [0.2, 0.25) is 0 Å². The van der Waals surface area contributed by atoms with Gasteiger partial charge < -0.3 is 10.6 Å². The fraction of sp³-hybridized carbons (Fsp3) is 0.600. The minimum Gasteiger partial charge on any atom is -0.381 e. The maximum absolute atomic E-state index is 4.69. The second-order valence-electron chi connectivity index (χ2n) is 5.99. The third-order valence-corrected chi connectivity index (χ3v) is 4.53. The maximum Gasteiger partial charge on any atom is 0.155 e. The van der Waals surface area contributed by atoms with Gasteiger partial charge in [0, 0.05) is 12.0 Å². The van der Waals surface area contributed by atoms with Gasteiger partial charge in [-0.05, 0) is 57.3 Å². The quantitative estimate of drug-likeness (QED) is 0.898. The topological polar surface area (TPSA) is 54.2 Å². The van der Waals surface area contributed by atoms with E-state index in [-0.39, 0.29) is 0 Å². The molecule has 2 aromatic heterocycles. The van der Waals surface area contributed by atoms with Gasteiger partial charge in [-0.1, -0.05) is 0 Å². The van der Waals surface area contributed by atoms with Crippen LogP contribution in [0.3, 0.4) is 0 Å². The van der Waals surface area contributed by atoms with E-state index in [0.717, 1.165) is 43.1 Å². The summed E-state index contributed by atoms with van der Waals surface area (Å²) in [5.41, 5.74) is 2.11. The summed E-state index contributed by atoms with van der Waals surface area (Å²) in [6, 6.07) is 4.84. The Balaban J connectivity index is 1.57. The summed E-state index contributed by atoms with van der Waals surface area (Å²) in [6.07, 6.45) is 8.29. The second kappa shape index (κ2) is 5.05. The molecular formula is C15H21N5. The highest BCUT2D eigenvalue weighted by molar-refractivity contribution is 5.50. The number of nitrogens with one attached hydrogen (secondary N) is 2. The van der Waals surface area contributed by atoms with Crippen LogP contribution >= 0.6 is 0 Å². The second-order valence-corrected chi connectivity index (χ2v) is 5.99. The van der Waals surface area contributed by atoms with E-state index in [9.17, 15) is 0 Å². The molecule has 2 N–H and O–H groups in total. The van der Waals surface area contributed by atoms with Crippen molar-refractivity contribution >= 4 is 11.3 Å². The molecule has 2 fully saturated rings. The van der Waals surface area contributed by atoms with Crippen molar-refractivity contribution in [3.63, 3.8) is 0 Å². The lowest BCUT2D eigenvalue weighted by atomic mass is 9.93. The number of pyridine rings is 1. The van der Waals surface area contributed by atoms with Crippen LogP contribution < -0.4 is 10.6 Å². The molecule has 1 saturated carbocycles. The molecule has 106 valence electrons. The molecule has 1 saturated heterocycles. The summed E-state index contributed by atoms with van der Waals surface area (Å²) in [4.78, 5) is 4.69. The molecule has 0 unspecified atom stereocenters. The van der Waals surface area contributed by atoms with Gasteiger partial charge in [-0.2, -0.15) is 5.10 Å². The Morgan fingerprint density at radius 1 is 1.15 bits per heavy atom. The Morgan fingerprint density at radius 2 is 2.00 bits per heavy atom. The third kappa shape index (κ3) is 2.26. The molecule has 0 spiro atoms. The van der Waals surface area contributed by atoms with Gasteiger partial charge >= 0.3 is 0 Å². The molecule has 0 bridgehead atoms. The Labute approximate surface area is 118 Å². The van der Waals surface area contributed by atoms with Crippen LogP contribution in [0.1, 0.15) is 43.8 Å². The molecule has 2 aromatic rings. The first kappa shape index (κ1) is 12.1. The van der Waals surface area contributed by atoms with E-state index >= 15 is 0 Å². The van der Waals surface area contributed by atoms with Gasteiger partial charge in [0.25, 0.3) is 0 Å². The minimum atomic E-state index is 0.513. The highest BCUT2D eigenvalue weighted by Crippen LogP contribution is 2.25. The van der Waals surface area contributed by atoms with Crippen LogP contribution in [-0.4, -0.2) is 33.7 Å². The number of nitrogens with zero attached hydrogens (tertiary/aromatic N) is 3. The number of rotatable bonds is 3. The number of aromatic nitrogens is 3. The Morgan fingerprint density at radius 3 is 2.75 bits per heavy atom. The number of anilines is 1. The van der Waals surface area contributed by atoms with Gasteiger partial charge in [-0.3, -0.25) is 0 Å². The smallest absolute Gasteiger partial charge is 0.155 e. The lowest BCUT2D eigenvalue weighted by Gasteiger charge is -2.27. The van der Waals surface area contributed by atoms with Crippen molar-refractivity contribution in [2.45, 2.75) is 44.1 Å². The van der Waals surface area contributed by atoms with E-state index < -0.39 is 0 Å². The number of fused-ring (bicyclic) bond motifs is 1. The standard InChI is InChI=1S/C15H21N5/c1-2-12(3-1)17-13-4-5-14-18-15(19-20(14)10-13)11-6-8-16-9-7-11/h4-5,10-12,16-17H,1-3,6-9H2. The summed E-state index contributed by atoms with van der Waals surface area (Å²) in [7, 11) is 0. The maximum atomic E-state index is 4.69. The zero-order chi connectivity index (χ0) is 13.4. The molecular weight excluding hydrogens is 250 g/mol. The third-order valence-electron chi connectivity index (χ3n) is 4.53.